The number of aliphatic hydroxyl groups excluding tert-OH is 1. The van der Waals surface area contributed by atoms with Crippen molar-refractivity contribution >= 4 is 5.78 Å². The molecule has 1 saturated carbocycles. The zero-order chi connectivity index (χ0) is 29.6. The Morgan fingerprint density at radius 1 is 1.07 bits per heavy atom. The number of rotatable bonds is 7. The van der Waals surface area contributed by atoms with Crippen LogP contribution in [0.4, 0.5) is 0 Å². The van der Waals surface area contributed by atoms with Gasteiger partial charge in [-0.15, -0.1) is 0 Å². The molecule has 222 valence electrons. The molecule has 2 aliphatic rings. The number of fused-ring (bicyclic) bond motifs is 1. The topological polar surface area (TPSA) is 141 Å². The molecular weight excluding hydrogens is 548 g/mol. The standard InChI is InChI=1S/C32H34N6O5/c1-2-5-27-26(16-20-8-10-21(11-9-20)24-6-3-4-7-25(24)28-35-31(41)43-36-28)29(40)37(30-33-19-34-38(27)30)22-12-14-32(15-13-22)17-23(39)18-42-32/h3-4,6-11,19,22-23,39H,2,5,12-18H2,1H3,(H,35,36,41)/t22-,23?,32-. The Hall–Kier alpha value is -4.35. The van der Waals surface area contributed by atoms with Crippen LogP contribution in [0.15, 0.2) is 69.0 Å². The lowest BCUT2D eigenvalue weighted by Crippen LogP contribution is -2.39. The van der Waals surface area contributed by atoms with E-state index in [2.05, 4.69) is 27.1 Å². The first kappa shape index (κ1) is 27.5. The number of hydrogen-bond donors (Lipinski definition) is 2. The maximum absolute atomic E-state index is 14.3. The number of benzene rings is 2. The fraction of sp³-hybridized carbons (Fsp3) is 0.406. The van der Waals surface area contributed by atoms with E-state index in [-0.39, 0.29) is 17.2 Å². The van der Waals surface area contributed by atoms with Crippen molar-refractivity contribution in [3.8, 4) is 22.5 Å². The summed E-state index contributed by atoms with van der Waals surface area (Å²) >= 11 is 0. The average Bonchev–Trinajstić information content (AvgIpc) is 3.77. The number of aromatic amines is 1. The molecule has 0 amide bonds. The van der Waals surface area contributed by atoms with Gasteiger partial charge in [0.15, 0.2) is 5.82 Å². The summed E-state index contributed by atoms with van der Waals surface area (Å²) in [7, 11) is 0. The molecule has 1 aliphatic carbocycles. The summed E-state index contributed by atoms with van der Waals surface area (Å²) in [6, 6.07) is 15.8. The molecule has 2 aromatic carbocycles. The molecule has 1 saturated heterocycles. The van der Waals surface area contributed by atoms with Gasteiger partial charge in [0, 0.05) is 30.0 Å². The molecule has 7 rings (SSSR count). The molecule has 1 atom stereocenters. The third kappa shape index (κ3) is 5.02. The highest BCUT2D eigenvalue weighted by Gasteiger charge is 2.43. The Labute approximate surface area is 247 Å². The lowest BCUT2D eigenvalue weighted by Gasteiger charge is -2.37. The Bertz CT molecular complexity index is 1880. The quantitative estimate of drug-likeness (QED) is 0.293. The molecule has 5 aromatic rings. The first-order valence-corrected chi connectivity index (χ1v) is 15.0. The second kappa shape index (κ2) is 11.1. The first-order valence-electron chi connectivity index (χ1n) is 15.0. The smallest absolute Gasteiger partial charge is 0.391 e. The molecule has 0 radical (unpaired) electrons. The molecule has 0 bridgehead atoms. The number of aryl methyl sites for hydroxylation is 1. The summed E-state index contributed by atoms with van der Waals surface area (Å²) in [4.78, 5) is 33.0. The van der Waals surface area contributed by atoms with Crippen LogP contribution in [0.1, 0.15) is 68.3 Å². The number of aromatic nitrogens is 6. The Kier molecular flexibility index (Phi) is 7.06. The minimum absolute atomic E-state index is 0.0116. The highest BCUT2D eigenvalue weighted by atomic mass is 16.5. The monoisotopic (exact) mass is 582 g/mol. The zero-order valence-corrected chi connectivity index (χ0v) is 24.0. The van der Waals surface area contributed by atoms with Crippen LogP contribution in [0.5, 0.6) is 0 Å². The third-order valence-corrected chi connectivity index (χ3v) is 9.00. The SMILES string of the molecule is CCCc1c(Cc2ccc(-c3ccccc3-c3noc(=O)[nH]3)cc2)c(=O)n([C@H]2CC[C@]3(CC2)CC(O)CO3)c2ncnn12. The van der Waals surface area contributed by atoms with E-state index in [1.165, 1.54) is 6.33 Å². The second-order valence-corrected chi connectivity index (χ2v) is 11.8. The molecule has 1 spiro atoms. The van der Waals surface area contributed by atoms with Crippen molar-refractivity contribution in [2.75, 3.05) is 6.61 Å². The molecule has 3 aromatic heterocycles. The molecule has 43 heavy (non-hydrogen) atoms. The van der Waals surface area contributed by atoms with E-state index in [9.17, 15) is 14.7 Å². The maximum atomic E-state index is 14.3. The largest absolute Gasteiger partial charge is 0.439 e. The van der Waals surface area contributed by atoms with Crippen molar-refractivity contribution in [1.82, 2.24) is 29.3 Å². The summed E-state index contributed by atoms with van der Waals surface area (Å²) in [5, 5.41) is 18.5. The number of aliphatic hydroxyl groups is 1. The summed E-state index contributed by atoms with van der Waals surface area (Å²) in [6.45, 7) is 2.49. The van der Waals surface area contributed by atoms with E-state index in [1.807, 2.05) is 57.6 Å². The third-order valence-electron chi connectivity index (χ3n) is 9.00. The van der Waals surface area contributed by atoms with E-state index < -0.39 is 11.9 Å². The lowest BCUT2D eigenvalue weighted by atomic mass is 9.80. The van der Waals surface area contributed by atoms with Crippen molar-refractivity contribution in [3.63, 3.8) is 0 Å². The molecule has 2 N–H and O–H groups in total. The van der Waals surface area contributed by atoms with Crippen LogP contribution in [-0.2, 0) is 17.6 Å². The van der Waals surface area contributed by atoms with Gasteiger partial charge >= 0.3 is 5.76 Å². The fourth-order valence-electron chi connectivity index (χ4n) is 6.93. The van der Waals surface area contributed by atoms with Crippen LogP contribution in [0.25, 0.3) is 28.3 Å². The van der Waals surface area contributed by atoms with Gasteiger partial charge in [-0.25, -0.2) is 9.31 Å². The molecule has 2 fully saturated rings. The highest BCUT2D eigenvalue weighted by molar-refractivity contribution is 5.80. The molecule has 1 unspecified atom stereocenters. The van der Waals surface area contributed by atoms with Gasteiger partial charge in [0.1, 0.15) is 6.33 Å². The van der Waals surface area contributed by atoms with Gasteiger partial charge in [-0.2, -0.15) is 10.1 Å². The van der Waals surface area contributed by atoms with Crippen molar-refractivity contribution in [2.45, 2.75) is 76.0 Å². The Morgan fingerprint density at radius 2 is 1.84 bits per heavy atom. The Balaban J connectivity index is 1.22. The number of H-pyrrole nitrogens is 1. The summed E-state index contributed by atoms with van der Waals surface area (Å²) in [5.41, 5.74) is 4.97. The van der Waals surface area contributed by atoms with Crippen LogP contribution in [0, 0.1) is 0 Å². The van der Waals surface area contributed by atoms with Gasteiger partial charge in [0.05, 0.1) is 24.0 Å². The van der Waals surface area contributed by atoms with Crippen LogP contribution < -0.4 is 11.3 Å². The predicted molar refractivity (Wildman–Crippen MR) is 159 cm³/mol. The lowest BCUT2D eigenvalue weighted by molar-refractivity contribution is -0.0345. The number of hydrogen-bond acceptors (Lipinski definition) is 8. The van der Waals surface area contributed by atoms with Crippen LogP contribution >= 0.6 is 0 Å². The zero-order valence-electron chi connectivity index (χ0n) is 24.0. The number of nitrogens with one attached hydrogen (secondary N) is 1. The minimum Gasteiger partial charge on any atom is -0.391 e. The maximum Gasteiger partial charge on any atom is 0.439 e. The first-order chi connectivity index (χ1) is 20.9. The minimum atomic E-state index is -0.601. The van der Waals surface area contributed by atoms with Crippen LogP contribution in [0.2, 0.25) is 0 Å². The Morgan fingerprint density at radius 3 is 2.51 bits per heavy atom. The van der Waals surface area contributed by atoms with Crippen molar-refractivity contribution in [2.24, 2.45) is 0 Å². The summed E-state index contributed by atoms with van der Waals surface area (Å²) in [5.74, 6) is 0.361. The fourth-order valence-corrected chi connectivity index (χ4v) is 6.93. The van der Waals surface area contributed by atoms with Gasteiger partial charge in [-0.3, -0.25) is 18.9 Å². The van der Waals surface area contributed by atoms with Crippen LogP contribution in [-0.4, -0.2) is 52.7 Å². The van der Waals surface area contributed by atoms with E-state index in [0.717, 1.165) is 65.6 Å². The van der Waals surface area contributed by atoms with E-state index in [4.69, 9.17) is 9.26 Å². The van der Waals surface area contributed by atoms with Crippen LogP contribution in [0.3, 0.4) is 0 Å². The second-order valence-electron chi connectivity index (χ2n) is 11.8. The highest BCUT2D eigenvalue weighted by Crippen LogP contribution is 2.43. The van der Waals surface area contributed by atoms with Gasteiger partial charge < -0.3 is 9.84 Å². The van der Waals surface area contributed by atoms with Crippen molar-refractivity contribution in [3.05, 3.63) is 92.6 Å². The van der Waals surface area contributed by atoms with E-state index in [1.54, 1.807) is 0 Å². The summed E-state index contributed by atoms with van der Waals surface area (Å²) < 4.78 is 14.4. The number of ether oxygens (including phenoxy) is 1. The molecule has 4 heterocycles. The van der Waals surface area contributed by atoms with E-state index in [0.29, 0.717) is 37.5 Å². The number of nitrogens with zero attached hydrogens (tertiary/aromatic N) is 5. The summed E-state index contributed by atoms with van der Waals surface area (Å²) in [6.07, 6.45) is 7.01. The van der Waals surface area contributed by atoms with Gasteiger partial charge in [-0.05, 0) is 48.8 Å². The van der Waals surface area contributed by atoms with Gasteiger partial charge in [0.25, 0.3) is 5.56 Å². The predicted octanol–water partition coefficient (Wildman–Crippen LogP) is 4.08. The molecule has 11 nitrogen and oxygen atoms in total. The molecular formula is C32H34N6O5. The van der Waals surface area contributed by atoms with Crippen molar-refractivity contribution < 1.29 is 14.4 Å². The molecule has 1 aliphatic heterocycles. The average molecular weight is 583 g/mol. The van der Waals surface area contributed by atoms with E-state index >= 15 is 0 Å². The van der Waals surface area contributed by atoms with Crippen molar-refractivity contribution in [1.29, 1.82) is 0 Å². The van der Waals surface area contributed by atoms with Gasteiger partial charge in [-0.1, -0.05) is 67.0 Å². The molecule has 11 heteroatoms. The van der Waals surface area contributed by atoms with Gasteiger partial charge in [0.2, 0.25) is 5.78 Å². The normalized spacial score (nSPS) is 22.1.